The zero-order chi connectivity index (χ0) is 25.9. The van der Waals surface area contributed by atoms with E-state index in [0.717, 1.165) is 22.3 Å². The predicted octanol–water partition coefficient (Wildman–Crippen LogP) is 5.02. The van der Waals surface area contributed by atoms with E-state index in [1.165, 1.54) is 4.90 Å². The van der Waals surface area contributed by atoms with Gasteiger partial charge in [-0.25, -0.2) is 14.4 Å². The summed E-state index contributed by atoms with van der Waals surface area (Å²) >= 11 is 0. The molecule has 0 saturated carbocycles. The van der Waals surface area contributed by atoms with Crippen LogP contribution < -0.4 is 5.32 Å². The Morgan fingerprint density at radius 2 is 1.64 bits per heavy atom. The first-order valence-corrected chi connectivity index (χ1v) is 12.5. The van der Waals surface area contributed by atoms with E-state index in [1.807, 2.05) is 36.4 Å². The lowest BCUT2D eigenvalue weighted by molar-refractivity contribution is -0.141. The number of carboxylic acids is 1. The quantitative estimate of drug-likeness (QED) is 0.524. The van der Waals surface area contributed by atoms with E-state index in [2.05, 4.69) is 17.4 Å². The summed E-state index contributed by atoms with van der Waals surface area (Å²) in [4.78, 5) is 38.0. The summed E-state index contributed by atoms with van der Waals surface area (Å²) in [6.45, 7) is 6.30. The van der Waals surface area contributed by atoms with Crippen LogP contribution in [0.4, 0.5) is 9.59 Å². The van der Waals surface area contributed by atoms with Gasteiger partial charge in [0.25, 0.3) is 0 Å². The van der Waals surface area contributed by atoms with Crippen molar-refractivity contribution in [3.05, 3.63) is 59.7 Å². The van der Waals surface area contributed by atoms with E-state index in [4.69, 9.17) is 9.47 Å². The molecule has 1 aliphatic carbocycles. The summed E-state index contributed by atoms with van der Waals surface area (Å²) in [5.41, 5.74) is 3.93. The molecular weight excluding hydrogens is 460 g/mol. The van der Waals surface area contributed by atoms with Crippen LogP contribution in [0, 0.1) is 5.92 Å². The SMILES string of the molecule is CC(C)(C)OC(=O)NCCC[C@@H]1C[C@@H](C(=O)O)N(C(=O)OCC2c3ccccc3-c3ccccc32)C1. The number of ether oxygens (including phenoxy) is 2. The molecule has 1 fully saturated rings. The highest BCUT2D eigenvalue weighted by Gasteiger charge is 2.41. The lowest BCUT2D eigenvalue weighted by Gasteiger charge is -2.22. The fraction of sp³-hybridized carbons (Fsp3) is 0.464. The molecule has 1 saturated heterocycles. The number of aliphatic carboxylic acids is 1. The van der Waals surface area contributed by atoms with Crippen LogP contribution >= 0.6 is 0 Å². The van der Waals surface area contributed by atoms with Crippen LogP contribution in [0.3, 0.4) is 0 Å². The smallest absolute Gasteiger partial charge is 0.410 e. The highest BCUT2D eigenvalue weighted by molar-refractivity contribution is 5.81. The van der Waals surface area contributed by atoms with Gasteiger partial charge >= 0.3 is 18.2 Å². The topological polar surface area (TPSA) is 105 Å². The normalized spacial score (nSPS) is 18.9. The Bertz CT molecular complexity index is 1080. The molecule has 0 unspecified atom stereocenters. The molecule has 0 aromatic heterocycles. The third-order valence-electron chi connectivity index (χ3n) is 6.70. The van der Waals surface area contributed by atoms with Crippen molar-refractivity contribution in [1.29, 1.82) is 0 Å². The Kier molecular flexibility index (Phi) is 7.52. The number of fused-ring (bicyclic) bond motifs is 3. The number of nitrogens with zero attached hydrogens (tertiary/aromatic N) is 1. The maximum Gasteiger partial charge on any atom is 0.410 e. The van der Waals surface area contributed by atoms with Gasteiger partial charge in [-0.05, 0) is 68.2 Å². The molecule has 2 amide bonds. The second kappa shape index (κ2) is 10.6. The molecule has 36 heavy (non-hydrogen) atoms. The van der Waals surface area contributed by atoms with Crippen molar-refractivity contribution in [1.82, 2.24) is 10.2 Å². The third kappa shape index (κ3) is 5.80. The Morgan fingerprint density at radius 1 is 1.03 bits per heavy atom. The number of amides is 2. The first-order valence-electron chi connectivity index (χ1n) is 12.5. The molecule has 2 aromatic carbocycles. The molecule has 1 heterocycles. The fourth-order valence-corrected chi connectivity index (χ4v) is 5.14. The van der Waals surface area contributed by atoms with Crippen LogP contribution in [0.15, 0.2) is 48.5 Å². The van der Waals surface area contributed by atoms with Crippen LogP contribution in [0.1, 0.15) is 57.1 Å². The van der Waals surface area contributed by atoms with E-state index >= 15 is 0 Å². The van der Waals surface area contributed by atoms with Gasteiger partial charge in [0.1, 0.15) is 18.2 Å². The summed E-state index contributed by atoms with van der Waals surface area (Å²) < 4.78 is 10.9. The molecule has 8 nitrogen and oxygen atoms in total. The average Bonchev–Trinajstić information content (AvgIpc) is 3.39. The Balaban J connectivity index is 1.32. The van der Waals surface area contributed by atoms with Gasteiger partial charge in [0.2, 0.25) is 0 Å². The first-order chi connectivity index (χ1) is 17.1. The number of hydrogen-bond donors (Lipinski definition) is 2. The molecule has 2 N–H and O–H groups in total. The van der Waals surface area contributed by atoms with Crippen molar-refractivity contribution in [3.63, 3.8) is 0 Å². The minimum Gasteiger partial charge on any atom is -0.480 e. The lowest BCUT2D eigenvalue weighted by atomic mass is 9.98. The number of hydrogen-bond acceptors (Lipinski definition) is 5. The van der Waals surface area contributed by atoms with Crippen molar-refractivity contribution >= 4 is 18.2 Å². The number of carbonyl (C=O) groups is 3. The van der Waals surface area contributed by atoms with Crippen molar-refractivity contribution < 1.29 is 29.0 Å². The Morgan fingerprint density at radius 3 is 2.22 bits per heavy atom. The van der Waals surface area contributed by atoms with Crippen molar-refractivity contribution in [2.24, 2.45) is 5.92 Å². The van der Waals surface area contributed by atoms with Gasteiger partial charge < -0.3 is 19.9 Å². The minimum absolute atomic E-state index is 0.0204. The standard InChI is InChI=1S/C28H34N2O6/c1-28(2,3)36-26(33)29-14-8-9-18-15-24(25(31)32)30(16-18)27(34)35-17-23-21-12-6-4-10-19(21)20-11-5-7-13-22(20)23/h4-7,10-13,18,23-24H,8-9,14-17H2,1-3H3,(H,29,33)(H,31,32)/t18-,24+/m1/s1. The van der Waals surface area contributed by atoms with E-state index in [-0.39, 0.29) is 18.4 Å². The van der Waals surface area contributed by atoms with Gasteiger partial charge in [-0.2, -0.15) is 0 Å². The molecule has 0 bridgehead atoms. The summed E-state index contributed by atoms with van der Waals surface area (Å²) in [6, 6.07) is 15.3. The monoisotopic (exact) mass is 494 g/mol. The average molecular weight is 495 g/mol. The number of rotatable bonds is 7. The second-order valence-corrected chi connectivity index (χ2v) is 10.5. The summed E-state index contributed by atoms with van der Waals surface area (Å²) in [6.07, 6.45) is 0.643. The third-order valence-corrected chi connectivity index (χ3v) is 6.70. The van der Waals surface area contributed by atoms with E-state index in [9.17, 15) is 19.5 Å². The Labute approximate surface area is 211 Å². The minimum atomic E-state index is -1.03. The van der Waals surface area contributed by atoms with E-state index < -0.39 is 29.8 Å². The molecule has 4 rings (SSSR count). The Hall–Kier alpha value is -3.55. The van der Waals surface area contributed by atoms with Gasteiger partial charge in [0.15, 0.2) is 0 Å². The zero-order valence-electron chi connectivity index (χ0n) is 21.0. The van der Waals surface area contributed by atoms with Crippen LogP contribution in [0.25, 0.3) is 11.1 Å². The van der Waals surface area contributed by atoms with E-state index in [1.54, 1.807) is 20.8 Å². The van der Waals surface area contributed by atoms with Crippen molar-refractivity contribution in [3.8, 4) is 11.1 Å². The number of carbonyl (C=O) groups excluding carboxylic acids is 2. The van der Waals surface area contributed by atoms with Gasteiger partial charge in [-0.1, -0.05) is 48.5 Å². The number of benzene rings is 2. The molecule has 2 aliphatic rings. The van der Waals surface area contributed by atoms with Crippen molar-refractivity contribution in [2.75, 3.05) is 19.7 Å². The summed E-state index contributed by atoms with van der Waals surface area (Å²) in [5.74, 6) is -1.09. The van der Waals surface area contributed by atoms with Crippen LogP contribution in [0.5, 0.6) is 0 Å². The zero-order valence-corrected chi connectivity index (χ0v) is 21.0. The lowest BCUT2D eigenvalue weighted by Crippen LogP contribution is -2.41. The molecule has 0 radical (unpaired) electrons. The maximum atomic E-state index is 13.0. The molecule has 0 spiro atoms. The van der Waals surface area contributed by atoms with Gasteiger partial charge in [-0.15, -0.1) is 0 Å². The van der Waals surface area contributed by atoms with Crippen LogP contribution in [0.2, 0.25) is 0 Å². The van der Waals surface area contributed by atoms with Crippen molar-refractivity contribution in [2.45, 2.75) is 57.6 Å². The van der Waals surface area contributed by atoms with Gasteiger partial charge in [0, 0.05) is 19.0 Å². The molecule has 192 valence electrons. The number of nitrogens with one attached hydrogen (secondary N) is 1. The summed E-state index contributed by atoms with van der Waals surface area (Å²) in [7, 11) is 0. The van der Waals surface area contributed by atoms with E-state index in [0.29, 0.717) is 32.4 Å². The fourth-order valence-electron chi connectivity index (χ4n) is 5.14. The number of alkyl carbamates (subject to hydrolysis) is 1. The molecular formula is C28H34N2O6. The summed E-state index contributed by atoms with van der Waals surface area (Å²) in [5, 5.41) is 12.4. The van der Waals surface area contributed by atoms with Gasteiger partial charge in [-0.3, -0.25) is 4.90 Å². The first kappa shape index (κ1) is 25.5. The predicted molar refractivity (Wildman–Crippen MR) is 135 cm³/mol. The second-order valence-electron chi connectivity index (χ2n) is 10.5. The largest absolute Gasteiger partial charge is 0.480 e. The van der Waals surface area contributed by atoms with Crippen LogP contribution in [-0.4, -0.2) is 59.5 Å². The molecule has 2 aromatic rings. The molecule has 2 atom stereocenters. The number of carboxylic acid groups (broad SMARTS) is 1. The number of likely N-dealkylation sites (tertiary alicyclic amines) is 1. The van der Waals surface area contributed by atoms with Crippen LogP contribution in [-0.2, 0) is 14.3 Å². The van der Waals surface area contributed by atoms with Gasteiger partial charge in [0.05, 0.1) is 0 Å². The maximum absolute atomic E-state index is 13.0. The highest BCUT2D eigenvalue weighted by atomic mass is 16.6. The molecule has 8 heteroatoms. The molecule has 1 aliphatic heterocycles. The highest BCUT2D eigenvalue weighted by Crippen LogP contribution is 2.44.